The molecule has 1 aromatic carbocycles. The van der Waals surface area contributed by atoms with Gasteiger partial charge in [-0.2, -0.15) is 0 Å². The lowest BCUT2D eigenvalue weighted by Gasteiger charge is -2.57. The number of aromatic hydroxyl groups is 1. The van der Waals surface area contributed by atoms with E-state index in [0.29, 0.717) is 24.8 Å². The molecule has 6 atom stereocenters. The summed E-state index contributed by atoms with van der Waals surface area (Å²) in [5.41, 5.74) is 3.86. The third-order valence-corrected chi connectivity index (χ3v) is 9.98. The van der Waals surface area contributed by atoms with Crippen molar-refractivity contribution in [1.82, 2.24) is 5.32 Å². The molecule has 4 aliphatic carbocycles. The first-order chi connectivity index (χ1) is 16.8. The van der Waals surface area contributed by atoms with Crippen LogP contribution in [0.1, 0.15) is 70.8 Å². The van der Waals surface area contributed by atoms with E-state index in [4.69, 9.17) is 4.84 Å². The molecule has 0 spiro atoms. The van der Waals surface area contributed by atoms with Crippen molar-refractivity contribution in [2.24, 2.45) is 33.7 Å². The molecule has 3 fully saturated rings. The van der Waals surface area contributed by atoms with Crippen molar-refractivity contribution >= 4 is 11.6 Å². The number of carbonyl (C=O) groups is 1. The molecule has 0 aliphatic heterocycles. The second-order valence-electron chi connectivity index (χ2n) is 11.8. The Morgan fingerprint density at radius 3 is 2.69 bits per heavy atom. The van der Waals surface area contributed by atoms with E-state index in [9.17, 15) is 15.0 Å². The number of amides is 1. The van der Waals surface area contributed by atoms with E-state index in [2.05, 4.69) is 30.4 Å². The number of carbonyl (C=O) groups excluding carboxylic acids is 1. The molecule has 0 unspecified atom stereocenters. The highest BCUT2D eigenvalue weighted by molar-refractivity contribution is 5.96. The molecule has 0 aromatic heterocycles. The molecule has 1 amide bonds. The maximum atomic E-state index is 12.1. The van der Waals surface area contributed by atoms with Crippen molar-refractivity contribution in [2.75, 3.05) is 13.2 Å². The van der Waals surface area contributed by atoms with Gasteiger partial charge in [0.2, 0.25) is 0 Å². The zero-order valence-corrected chi connectivity index (χ0v) is 21.1. The van der Waals surface area contributed by atoms with Gasteiger partial charge in [-0.15, -0.1) is 0 Å². The van der Waals surface area contributed by atoms with Gasteiger partial charge in [0.25, 0.3) is 5.91 Å². The topological polar surface area (TPSA) is 91.2 Å². The normalized spacial score (nSPS) is 37.1. The van der Waals surface area contributed by atoms with Crippen LogP contribution in [-0.2, 0) is 16.1 Å². The van der Waals surface area contributed by atoms with Crippen LogP contribution in [0.3, 0.4) is 0 Å². The molecule has 35 heavy (non-hydrogen) atoms. The Morgan fingerprint density at radius 1 is 1.09 bits per heavy atom. The number of nitrogens with zero attached hydrogens (tertiary/aromatic N) is 1. The minimum Gasteiger partial charge on any atom is -0.508 e. The average Bonchev–Trinajstić information content (AvgIpc) is 3.15. The second-order valence-corrected chi connectivity index (χ2v) is 11.8. The van der Waals surface area contributed by atoms with E-state index < -0.39 is 0 Å². The number of aliphatic hydroxyl groups excluding tert-OH is 1. The van der Waals surface area contributed by atoms with E-state index in [0.717, 1.165) is 49.3 Å². The molecule has 0 bridgehead atoms. The highest BCUT2D eigenvalue weighted by atomic mass is 16.6. The summed E-state index contributed by atoms with van der Waals surface area (Å²) in [7, 11) is 0. The SMILES string of the molecule is C[C@]12CC[C@@H]3[C@H](CCC4=CC(=NOCC(=O)NCCc5ccc(O)cc5)CC[C@@]43C)[C@@H]1CC[C@H]2O. The smallest absolute Gasteiger partial charge is 0.260 e. The van der Waals surface area contributed by atoms with Gasteiger partial charge in [0, 0.05) is 6.54 Å². The lowest BCUT2D eigenvalue weighted by Crippen LogP contribution is -2.51. The monoisotopic (exact) mass is 480 g/mol. The predicted molar refractivity (Wildman–Crippen MR) is 136 cm³/mol. The molecule has 0 heterocycles. The third-order valence-electron chi connectivity index (χ3n) is 9.98. The summed E-state index contributed by atoms with van der Waals surface area (Å²) in [6, 6.07) is 7.00. The highest BCUT2D eigenvalue weighted by Crippen LogP contribution is 2.65. The first-order valence-corrected chi connectivity index (χ1v) is 13.4. The minimum atomic E-state index is -0.175. The predicted octanol–water partition coefficient (Wildman–Crippen LogP) is 4.75. The number of phenols is 1. The first-order valence-electron chi connectivity index (χ1n) is 13.4. The molecule has 0 radical (unpaired) electrons. The van der Waals surface area contributed by atoms with Gasteiger partial charge in [0.1, 0.15) is 5.75 Å². The molecular formula is C29H40N2O4. The number of aliphatic hydroxyl groups is 1. The summed E-state index contributed by atoms with van der Waals surface area (Å²) in [4.78, 5) is 17.6. The summed E-state index contributed by atoms with van der Waals surface area (Å²) in [6.45, 7) is 5.24. The quantitative estimate of drug-likeness (QED) is 0.513. The number of rotatable bonds is 6. The minimum absolute atomic E-state index is 0.0766. The maximum Gasteiger partial charge on any atom is 0.260 e. The lowest BCUT2D eigenvalue weighted by atomic mass is 9.47. The molecule has 6 heteroatoms. The number of nitrogens with one attached hydrogen (secondary N) is 1. The molecule has 190 valence electrons. The Labute approximate surface area is 208 Å². The van der Waals surface area contributed by atoms with E-state index in [1.165, 1.54) is 24.8 Å². The molecular weight excluding hydrogens is 440 g/mol. The Morgan fingerprint density at radius 2 is 1.89 bits per heavy atom. The summed E-state index contributed by atoms with van der Waals surface area (Å²) in [6.07, 6.45) is 11.7. The van der Waals surface area contributed by atoms with Gasteiger partial charge >= 0.3 is 0 Å². The van der Waals surface area contributed by atoms with Gasteiger partial charge in [-0.3, -0.25) is 4.79 Å². The summed E-state index contributed by atoms with van der Waals surface area (Å²) in [5.74, 6) is 2.17. The van der Waals surface area contributed by atoms with Crippen LogP contribution in [0.25, 0.3) is 0 Å². The van der Waals surface area contributed by atoms with Crippen molar-refractivity contribution in [2.45, 2.75) is 77.7 Å². The van der Waals surface area contributed by atoms with Crippen LogP contribution in [0.2, 0.25) is 0 Å². The maximum absolute atomic E-state index is 12.1. The van der Waals surface area contributed by atoms with E-state index in [1.54, 1.807) is 12.1 Å². The van der Waals surface area contributed by atoms with Crippen LogP contribution < -0.4 is 5.32 Å². The Balaban J connectivity index is 1.14. The van der Waals surface area contributed by atoms with Gasteiger partial charge < -0.3 is 20.4 Å². The van der Waals surface area contributed by atoms with Crippen LogP contribution in [0.4, 0.5) is 0 Å². The molecule has 0 saturated heterocycles. The van der Waals surface area contributed by atoms with Gasteiger partial charge in [-0.1, -0.05) is 36.7 Å². The van der Waals surface area contributed by atoms with Crippen LogP contribution in [0.15, 0.2) is 41.1 Å². The molecule has 1 aromatic rings. The second kappa shape index (κ2) is 9.61. The summed E-state index contributed by atoms with van der Waals surface area (Å²) < 4.78 is 0. The molecule has 3 saturated carbocycles. The van der Waals surface area contributed by atoms with Crippen LogP contribution in [-0.4, -0.2) is 41.1 Å². The molecule has 6 nitrogen and oxygen atoms in total. The molecule has 4 aliphatic rings. The first kappa shape index (κ1) is 24.4. The van der Waals surface area contributed by atoms with E-state index >= 15 is 0 Å². The number of hydrogen-bond donors (Lipinski definition) is 3. The Kier molecular flexibility index (Phi) is 6.69. The van der Waals surface area contributed by atoms with Crippen LogP contribution in [0.5, 0.6) is 5.75 Å². The number of benzene rings is 1. The standard InChI is InChI=1S/C29H40N2O4/c1-28-14-11-21(31-35-18-27(34)30-16-13-19-3-6-22(32)7-4-19)17-20(28)5-8-23-24-9-10-26(33)29(24,2)15-12-25(23)28/h3-4,6-7,17,23-26,32-33H,5,8-16,18H2,1-2H3,(H,30,34)/t23-,24+,25-,26-,28+,29+/m1/s1. The van der Waals surface area contributed by atoms with E-state index in [-0.39, 0.29) is 35.2 Å². The summed E-state index contributed by atoms with van der Waals surface area (Å²) >= 11 is 0. The zero-order chi connectivity index (χ0) is 24.6. The lowest BCUT2D eigenvalue weighted by molar-refractivity contribution is -0.125. The Hall–Kier alpha value is -2.34. The zero-order valence-electron chi connectivity index (χ0n) is 21.1. The van der Waals surface area contributed by atoms with Crippen molar-refractivity contribution in [3.8, 4) is 5.75 Å². The van der Waals surface area contributed by atoms with Crippen molar-refractivity contribution < 1.29 is 19.8 Å². The van der Waals surface area contributed by atoms with Crippen molar-refractivity contribution in [3.63, 3.8) is 0 Å². The fourth-order valence-corrected chi connectivity index (χ4v) is 7.85. The number of allylic oxidation sites excluding steroid dienone is 2. The van der Waals surface area contributed by atoms with Crippen molar-refractivity contribution in [1.29, 1.82) is 0 Å². The van der Waals surface area contributed by atoms with E-state index in [1.807, 2.05) is 12.1 Å². The van der Waals surface area contributed by atoms with Gasteiger partial charge in [-0.05, 0) is 110 Å². The fourth-order valence-electron chi connectivity index (χ4n) is 7.85. The highest BCUT2D eigenvalue weighted by Gasteiger charge is 2.58. The average molecular weight is 481 g/mol. The van der Waals surface area contributed by atoms with Gasteiger partial charge in [-0.25, -0.2) is 0 Å². The Bertz CT molecular complexity index is 1000. The largest absolute Gasteiger partial charge is 0.508 e. The van der Waals surface area contributed by atoms with Gasteiger partial charge in [0.15, 0.2) is 6.61 Å². The van der Waals surface area contributed by atoms with Crippen LogP contribution in [0, 0.1) is 28.6 Å². The van der Waals surface area contributed by atoms with Crippen molar-refractivity contribution in [3.05, 3.63) is 41.5 Å². The number of fused-ring (bicyclic) bond motifs is 5. The molecule has 3 N–H and O–H groups in total. The number of oxime groups is 1. The van der Waals surface area contributed by atoms with Gasteiger partial charge in [0.05, 0.1) is 11.8 Å². The fraction of sp³-hybridized carbons (Fsp3) is 0.655. The summed E-state index contributed by atoms with van der Waals surface area (Å²) in [5, 5.41) is 27.2. The number of hydrogen-bond acceptors (Lipinski definition) is 5. The molecule has 5 rings (SSSR count). The number of phenolic OH excluding ortho intramolecular Hbond substituents is 1. The third kappa shape index (κ3) is 4.62. The van der Waals surface area contributed by atoms with Crippen LogP contribution >= 0.6 is 0 Å².